The van der Waals surface area contributed by atoms with Gasteiger partial charge in [0.15, 0.2) is 0 Å². The first-order valence-electron chi connectivity index (χ1n) is 6.76. The molecule has 1 aromatic rings. The summed E-state index contributed by atoms with van der Waals surface area (Å²) < 4.78 is 0. The van der Waals surface area contributed by atoms with E-state index in [0.29, 0.717) is 11.5 Å². The van der Waals surface area contributed by atoms with Gasteiger partial charge in [-0.05, 0) is 37.3 Å². The Morgan fingerprint density at radius 3 is 2.50 bits per heavy atom. The number of thioether (sulfide) groups is 1. The van der Waals surface area contributed by atoms with E-state index in [1.807, 2.05) is 11.8 Å². The molecular weight excluding hydrogens is 238 g/mol. The van der Waals surface area contributed by atoms with Gasteiger partial charge in [-0.3, -0.25) is 0 Å². The molecule has 1 aliphatic heterocycles. The predicted molar refractivity (Wildman–Crippen MR) is 81.2 cm³/mol. The fourth-order valence-corrected chi connectivity index (χ4v) is 4.29. The number of hydrogen-bond acceptors (Lipinski definition) is 2. The zero-order valence-electron chi connectivity index (χ0n) is 12.2. The molecule has 0 aromatic heterocycles. The average Bonchev–Trinajstić information content (AvgIpc) is 2.57. The molecule has 1 aromatic carbocycles. The standard InChI is InChI=1S/C16H25NS/c1-15(2,3)11-16(4,5)17-13-10-18-14-9-7-6-8-12(13)14/h6-9,13,17H,10-11H2,1-5H3. The largest absolute Gasteiger partial charge is 0.304 e. The minimum atomic E-state index is 0.181. The quantitative estimate of drug-likeness (QED) is 0.852. The topological polar surface area (TPSA) is 12.0 Å². The third-order valence-corrected chi connectivity index (χ3v) is 4.42. The summed E-state index contributed by atoms with van der Waals surface area (Å²) in [5, 5.41) is 3.85. The minimum Gasteiger partial charge on any atom is -0.304 e. The van der Waals surface area contributed by atoms with E-state index in [1.54, 1.807) is 0 Å². The SMILES string of the molecule is CC(C)(C)CC(C)(C)NC1CSc2ccccc21. The van der Waals surface area contributed by atoms with Gasteiger partial charge >= 0.3 is 0 Å². The fraction of sp³-hybridized carbons (Fsp3) is 0.625. The van der Waals surface area contributed by atoms with Gasteiger partial charge in [-0.1, -0.05) is 39.0 Å². The molecule has 1 atom stereocenters. The Bertz CT molecular complexity index is 417. The molecule has 0 bridgehead atoms. The van der Waals surface area contributed by atoms with Gasteiger partial charge in [-0.25, -0.2) is 0 Å². The molecule has 1 unspecified atom stereocenters. The summed E-state index contributed by atoms with van der Waals surface area (Å²) in [7, 11) is 0. The van der Waals surface area contributed by atoms with E-state index in [4.69, 9.17) is 0 Å². The third kappa shape index (κ3) is 3.52. The summed E-state index contributed by atoms with van der Waals surface area (Å²) in [6.07, 6.45) is 1.18. The maximum absolute atomic E-state index is 3.85. The molecule has 0 spiro atoms. The minimum absolute atomic E-state index is 0.181. The summed E-state index contributed by atoms with van der Waals surface area (Å²) in [5.41, 5.74) is 2.02. The van der Waals surface area contributed by atoms with Crippen molar-refractivity contribution < 1.29 is 0 Å². The van der Waals surface area contributed by atoms with Crippen LogP contribution in [0.4, 0.5) is 0 Å². The first kappa shape index (κ1) is 14.0. The summed E-state index contributed by atoms with van der Waals surface area (Å²) in [5.74, 6) is 1.16. The van der Waals surface area contributed by atoms with Crippen LogP contribution in [-0.4, -0.2) is 11.3 Å². The van der Waals surface area contributed by atoms with Crippen molar-refractivity contribution in [2.75, 3.05) is 5.75 Å². The summed E-state index contributed by atoms with van der Waals surface area (Å²) in [6.45, 7) is 11.6. The zero-order valence-corrected chi connectivity index (χ0v) is 13.0. The van der Waals surface area contributed by atoms with E-state index in [9.17, 15) is 0 Å². The summed E-state index contributed by atoms with van der Waals surface area (Å²) in [6, 6.07) is 9.28. The first-order valence-corrected chi connectivity index (χ1v) is 7.75. The summed E-state index contributed by atoms with van der Waals surface area (Å²) >= 11 is 1.97. The lowest BCUT2D eigenvalue weighted by molar-refractivity contribution is 0.228. The lowest BCUT2D eigenvalue weighted by Gasteiger charge is -2.36. The van der Waals surface area contributed by atoms with Crippen molar-refractivity contribution in [2.24, 2.45) is 5.41 Å². The Balaban J connectivity index is 2.07. The average molecular weight is 263 g/mol. The van der Waals surface area contributed by atoms with Crippen LogP contribution in [0.15, 0.2) is 29.2 Å². The van der Waals surface area contributed by atoms with Gasteiger partial charge in [-0.2, -0.15) is 0 Å². The molecule has 0 aliphatic carbocycles. The highest BCUT2D eigenvalue weighted by Crippen LogP contribution is 2.39. The van der Waals surface area contributed by atoms with E-state index < -0.39 is 0 Å². The van der Waals surface area contributed by atoms with Crippen LogP contribution in [0.2, 0.25) is 0 Å². The molecule has 100 valence electrons. The van der Waals surface area contributed by atoms with Crippen LogP contribution >= 0.6 is 11.8 Å². The molecule has 0 fully saturated rings. The highest BCUT2D eigenvalue weighted by atomic mass is 32.2. The van der Waals surface area contributed by atoms with Crippen LogP contribution in [0.3, 0.4) is 0 Å². The Morgan fingerprint density at radius 1 is 1.17 bits per heavy atom. The predicted octanol–water partition coefficient (Wildman–Crippen LogP) is 4.64. The number of nitrogens with one attached hydrogen (secondary N) is 1. The monoisotopic (exact) mass is 263 g/mol. The Hall–Kier alpha value is -0.470. The number of hydrogen-bond donors (Lipinski definition) is 1. The second kappa shape index (κ2) is 4.90. The lowest BCUT2D eigenvalue weighted by atomic mass is 9.81. The van der Waals surface area contributed by atoms with Gasteiger partial charge < -0.3 is 5.32 Å². The van der Waals surface area contributed by atoms with E-state index in [1.165, 1.54) is 16.9 Å². The molecule has 1 aliphatic rings. The molecule has 2 rings (SSSR count). The number of benzene rings is 1. The van der Waals surface area contributed by atoms with E-state index >= 15 is 0 Å². The second-order valence-electron chi connectivity index (χ2n) is 7.17. The van der Waals surface area contributed by atoms with Gasteiger partial charge in [0.25, 0.3) is 0 Å². The molecule has 0 amide bonds. The Morgan fingerprint density at radius 2 is 1.83 bits per heavy atom. The first-order chi connectivity index (χ1) is 8.27. The lowest BCUT2D eigenvalue weighted by Crippen LogP contribution is -2.44. The molecular formula is C16H25NS. The number of rotatable bonds is 3. The highest BCUT2D eigenvalue weighted by molar-refractivity contribution is 7.99. The molecule has 1 nitrogen and oxygen atoms in total. The maximum atomic E-state index is 3.85. The summed E-state index contributed by atoms with van der Waals surface area (Å²) in [4.78, 5) is 1.45. The van der Waals surface area contributed by atoms with Crippen molar-refractivity contribution in [3.8, 4) is 0 Å². The van der Waals surface area contributed by atoms with Crippen LogP contribution in [0, 0.1) is 5.41 Å². The van der Waals surface area contributed by atoms with E-state index in [-0.39, 0.29) is 5.54 Å². The van der Waals surface area contributed by atoms with Gasteiger partial charge in [0.2, 0.25) is 0 Å². The van der Waals surface area contributed by atoms with Crippen molar-refractivity contribution in [3.63, 3.8) is 0 Å². The fourth-order valence-electron chi connectivity index (χ4n) is 3.13. The molecule has 0 saturated heterocycles. The Kier molecular flexibility index (Phi) is 3.80. The number of fused-ring (bicyclic) bond motifs is 1. The molecule has 2 heteroatoms. The van der Waals surface area contributed by atoms with Crippen molar-refractivity contribution >= 4 is 11.8 Å². The molecule has 18 heavy (non-hydrogen) atoms. The third-order valence-electron chi connectivity index (χ3n) is 3.24. The van der Waals surface area contributed by atoms with Crippen molar-refractivity contribution in [1.82, 2.24) is 5.32 Å². The smallest absolute Gasteiger partial charge is 0.0430 e. The molecule has 0 saturated carbocycles. The van der Waals surface area contributed by atoms with Gasteiger partial charge in [-0.15, -0.1) is 11.8 Å². The van der Waals surface area contributed by atoms with E-state index in [2.05, 4.69) is 64.2 Å². The normalized spacial score (nSPS) is 19.9. The molecule has 0 radical (unpaired) electrons. The van der Waals surface area contributed by atoms with Crippen LogP contribution in [0.1, 0.15) is 52.6 Å². The zero-order chi connectivity index (χ0) is 13.4. The van der Waals surface area contributed by atoms with Gasteiger partial charge in [0.05, 0.1) is 0 Å². The highest BCUT2D eigenvalue weighted by Gasteiger charge is 2.31. The van der Waals surface area contributed by atoms with Crippen LogP contribution < -0.4 is 5.32 Å². The van der Waals surface area contributed by atoms with Crippen LogP contribution in [0.25, 0.3) is 0 Å². The van der Waals surface area contributed by atoms with E-state index in [0.717, 1.165) is 5.75 Å². The van der Waals surface area contributed by atoms with Crippen molar-refractivity contribution in [3.05, 3.63) is 29.8 Å². The van der Waals surface area contributed by atoms with Crippen molar-refractivity contribution in [2.45, 2.75) is 57.5 Å². The van der Waals surface area contributed by atoms with Crippen LogP contribution in [0.5, 0.6) is 0 Å². The van der Waals surface area contributed by atoms with Crippen molar-refractivity contribution in [1.29, 1.82) is 0 Å². The van der Waals surface area contributed by atoms with Crippen LogP contribution in [-0.2, 0) is 0 Å². The molecule has 1 heterocycles. The second-order valence-corrected chi connectivity index (χ2v) is 8.23. The van der Waals surface area contributed by atoms with Gasteiger partial charge in [0, 0.05) is 22.2 Å². The Labute approximate surface area is 116 Å². The molecule has 1 N–H and O–H groups in total. The maximum Gasteiger partial charge on any atom is 0.0430 e. The van der Waals surface area contributed by atoms with Gasteiger partial charge in [0.1, 0.15) is 0 Å².